The highest BCUT2D eigenvalue weighted by Gasteiger charge is 2.61. The Hall–Kier alpha value is 0.310. The number of rotatable bonds is 1. The third kappa shape index (κ3) is 1.84. The summed E-state index contributed by atoms with van der Waals surface area (Å²) in [5, 5.41) is 0.00136. The molecule has 1 aromatic carbocycles. The van der Waals surface area contributed by atoms with Crippen LogP contribution in [0.3, 0.4) is 0 Å². The molecule has 0 spiro atoms. The third-order valence-corrected chi connectivity index (χ3v) is 4.49. The predicted molar refractivity (Wildman–Crippen MR) is 62.8 cm³/mol. The third-order valence-electron chi connectivity index (χ3n) is 2.78. The molecule has 0 bridgehead atoms. The summed E-state index contributed by atoms with van der Waals surface area (Å²) in [5.41, 5.74) is 0.781. The van der Waals surface area contributed by atoms with Crippen LogP contribution in [0.25, 0.3) is 0 Å². The van der Waals surface area contributed by atoms with E-state index in [-0.39, 0.29) is 21.9 Å². The molecule has 82 valence electrons. The van der Waals surface area contributed by atoms with E-state index in [9.17, 15) is 4.39 Å². The van der Waals surface area contributed by atoms with Gasteiger partial charge in [0.05, 0.1) is 10.0 Å². The Morgan fingerprint density at radius 1 is 1.20 bits per heavy atom. The van der Waals surface area contributed by atoms with E-state index in [1.807, 2.05) is 6.92 Å². The summed E-state index contributed by atoms with van der Waals surface area (Å²) >= 11 is 23.4. The molecule has 0 aromatic heterocycles. The Bertz CT molecular complexity index is 393. The van der Waals surface area contributed by atoms with Gasteiger partial charge in [0.1, 0.15) is 4.33 Å². The molecule has 1 aromatic rings. The molecule has 1 aliphatic carbocycles. The van der Waals surface area contributed by atoms with Gasteiger partial charge in [0.25, 0.3) is 0 Å². The molecule has 2 rings (SSSR count). The lowest BCUT2D eigenvalue weighted by atomic mass is 10.1. The van der Waals surface area contributed by atoms with Crippen molar-refractivity contribution in [3.63, 3.8) is 0 Å². The molecule has 15 heavy (non-hydrogen) atoms. The monoisotopic (exact) mass is 286 g/mol. The van der Waals surface area contributed by atoms with Crippen LogP contribution in [-0.4, -0.2) is 4.33 Å². The lowest BCUT2D eigenvalue weighted by Gasteiger charge is -2.04. The van der Waals surface area contributed by atoms with Gasteiger partial charge in [-0.2, -0.15) is 0 Å². The van der Waals surface area contributed by atoms with Crippen molar-refractivity contribution in [1.29, 1.82) is 0 Å². The minimum atomic E-state index is -0.787. The summed E-state index contributed by atoms with van der Waals surface area (Å²) in [6.07, 6.45) is 0. The van der Waals surface area contributed by atoms with Gasteiger partial charge in [-0.25, -0.2) is 4.39 Å². The molecule has 0 amide bonds. The Balaban J connectivity index is 2.40. The molecule has 0 heterocycles. The first-order valence-electron chi connectivity index (χ1n) is 4.38. The van der Waals surface area contributed by atoms with Crippen molar-refractivity contribution in [1.82, 2.24) is 0 Å². The standard InChI is InChI=1S/C10H7Cl4F/c1-4-8(10(4,13)14)5-2-6(11)9(15)7(12)3-5/h2-4,8H,1H3. The van der Waals surface area contributed by atoms with Crippen LogP contribution in [-0.2, 0) is 0 Å². The van der Waals surface area contributed by atoms with Crippen LogP contribution < -0.4 is 0 Å². The van der Waals surface area contributed by atoms with Gasteiger partial charge >= 0.3 is 0 Å². The quantitative estimate of drug-likeness (QED) is 0.501. The molecule has 5 heteroatoms. The zero-order valence-corrected chi connectivity index (χ0v) is 10.7. The van der Waals surface area contributed by atoms with Crippen molar-refractivity contribution in [3.05, 3.63) is 33.6 Å². The lowest BCUT2D eigenvalue weighted by molar-refractivity contribution is 0.627. The van der Waals surface area contributed by atoms with Crippen LogP contribution in [0.2, 0.25) is 10.0 Å². The number of alkyl halides is 2. The van der Waals surface area contributed by atoms with Crippen molar-refractivity contribution in [3.8, 4) is 0 Å². The first-order chi connectivity index (χ1) is 6.85. The molecule has 2 atom stereocenters. The minimum Gasteiger partial charge on any atom is -0.204 e. The number of halogens is 5. The smallest absolute Gasteiger partial charge is 0.160 e. The van der Waals surface area contributed by atoms with Crippen LogP contribution >= 0.6 is 46.4 Å². The van der Waals surface area contributed by atoms with Crippen molar-refractivity contribution in [2.24, 2.45) is 5.92 Å². The van der Waals surface area contributed by atoms with E-state index in [0.29, 0.717) is 0 Å². The maximum atomic E-state index is 13.2. The fraction of sp³-hybridized carbons (Fsp3) is 0.400. The normalized spacial score (nSPS) is 27.9. The highest BCUT2D eigenvalue weighted by atomic mass is 35.5. The molecule has 1 saturated carbocycles. The first kappa shape index (κ1) is 11.8. The average Bonchev–Trinajstić information content (AvgIpc) is 2.61. The van der Waals surface area contributed by atoms with Gasteiger partial charge in [-0.1, -0.05) is 30.1 Å². The Morgan fingerprint density at radius 3 is 1.93 bits per heavy atom. The van der Waals surface area contributed by atoms with Crippen LogP contribution in [0, 0.1) is 11.7 Å². The maximum Gasteiger partial charge on any atom is 0.160 e. The van der Waals surface area contributed by atoms with Gasteiger partial charge < -0.3 is 0 Å². The molecular weight excluding hydrogens is 281 g/mol. The van der Waals surface area contributed by atoms with Crippen molar-refractivity contribution in [2.75, 3.05) is 0 Å². The molecule has 0 aliphatic heterocycles. The van der Waals surface area contributed by atoms with Crippen LogP contribution in [0.15, 0.2) is 12.1 Å². The average molecular weight is 288 g/mol. The summed E-state index contributed by atoms with van der Waals surface area (Å²) in [7, 11) is 0. The van der Waals surface area contributed by atoms with Crippen molar-refractivity contribution in [2.45, 2.75) is 17.2 Å². The topological polar surface area (TPSA) is 0 Å². The zero-order chi connectivity index (χ0) is 11.4. The summed E-state index contributed by atoms with van der Waals surface area (Å²) in [6, 6.07) is 3.05. The summed E-state index contributed by atoms with van der Waals surface area (Å²) < 4.78 is 12.4. The van der Waals surface area contributed by atoms with E-state index < -0.39 is 10.2 Å². The fourth-order valence-corrected chi connectivity index (χ4v) is 3.01. The Kier molecular flexibility index (Phi) is 2.88. The Morgan fingerprint density at radius 2 is 1.60 bits per heavy atom. The maximum absolute atomic E-state index is 13.2. The van der Waals surface area contributed by atoms with Crippen molar-refractivity contribution < 1.29 is 4.39 Å². The second-order valence-corrected chi connectivity index (χ2v) is 6.00. The van der Waals surface area contributed by atoms with Gasteiger partial charge in [0, 0.05) is 5.92 Å². The van der Waals surface area contributed by atoms with Crippen LogP contribution in [0.1, 0.15) is 18.4 Å². The molecule has 0 saturated heterocycles. The zero-order valence-electron chi connectivity index (χ0n) is 7.70. The molecule has 1 fully saturated rings. The van der Waals surface area contributed by atoms with E-state index >= 15 is 0 Å². The van der Waals surface area contributed by atoms with Gasteiger partial charge in [0.2, 0.25) is 0 Å². The minimum absolute atomic E-state index is 0.000679. The van der Waals surface area contributed by atoms with Crippen LogP contribution in [0.4, 0.5) is 4.39 Å². The number of benzene rings is 1. The van der Waals surface area contributed by atoms with E-state index in [0.717, 1.165) is 5.56 Å². The summed E-state index contributed by atoms with van der Waals surface area (Å²) in [4.78, 5) is 0. The highest BCUT2D eigenvalue weighted by molar-refractivity contribution is 6.52. The molecule has 1 aliphatic rings. The molecular formula is C10H7Cl4F. The van der Waals surface area contributed by atoms with E-state index in [1.165, 1.54) is 12.1 Å². The SMILES string of the molecule is CC1C(c2cc(Cl)c(F)c(Cl)c2)C1(Cl)Cl. The summed E-state index contributed by atoms with van der Waals surface area (Å²) in [6.45, 7) is 1.93. The molecule has 2 unspecified atom stereocenters. The van der Waals surface area contributed by atoms with E-state index in [2.05, 4.69) is 0 Å². The van der Waals surface area contributed by atoms with E-state index in [4.69, 9.17) is 46.4 Å². The van der Waals surface area contributed by atoms with Gasteiger partial charge in [-0.15, -0.1) is 23.2 Å². The van der Waals surface area contributed by atoms with Crippen molar-refractivity contribution >= 4 is 46.4 Å². The van der Waals surface area contributed by atoms with Crippen LogP contribution in [0.5, 0.6) is 0 Å². The highest BCUT2D eigenvalue weighted by Crippen LogP contribution is 2.64. The summed E-state index contributed by atoms with van der Waals surface area (Å²) in [5.74, 6) is -0.514. The first-order valence-corrected chi connectivity index (χ1v) is 5.89. The molecule has 0 radical (unpaired) electrons. The number of hydrogen-bond acceptors (Lipinski definition) is 0. The van der Waals surface area contributed by atoms with Gasteiger partial charge in [-0.3, -0.25) is 0 Å². The Labute approximate surface area is 107 Å². The predicted octanol–water partition coefficient (Wildman–Crippen LogP) is 5.04. The van der Waals surface area contributed by atoms with Gasteiger partial charge in [0.15, 0.2) is 5.82 Å². The fourth-order valence-electron chi connectivity index (χ4n) is 1.75. The number of hydrogen-bond donors (Lipinski definition) is 0. The second kappa shape index (κ2) is 3.66. The van der Waals surface area contributed by atoms with Gasteiger partial charge in [-0.05, 0) is 23.6 Å². The second-order valence-electron chi connectivity index (χ2n) is 3.74. The van der Waals surface area contributed by atoms with E-state index in [1.54, 1.807) is 0 Å². The molecule has 0 N–H and O–H groups in total. The largest absolute Gasteiger partial charge is 0.204 e. The lowest BCUT2D eigenvalue weighted by Crippen LogP contribution is -1.91. The molecule has 0 nitrogen and oxygen atoms in total.